The van der Waals surface area contributed by atoms with Crippen LogP contribution in [0.2, 0.25) is 0 Å². The van der Waals surface area contributed by atoms with Crippen molar-refractivity contribution < 1.29 is 4.79 Å². The van der Waals surface area contributed by atoms with Gasteiger partial charge in [-0.15, -0.1) is 11.6 Å². The van der Waals surface area contributed by atoms with Crippen LogP contribution in [-0.2, 0) is 4.79 Å². The zero-order valence-electron chi connectivity index (χ0n) is 11.1. The fraction of sp³-hybridized carbons (Fsp3) is 0.400. The van der Waals surface area contributed by atoms with Crippen LogP contribution in [-0.4, -0.2) is 11.7 Å². The smallest absolute Gasteiger partial charge is 0.170 e. The van der Waals surface area contributed by atoms with Gasteiger partial charge in [0.05, 0.1) is 5.88 Å². The Bertz CT molecular complexity index is 455. The number of hydrogen-bond donors (Lipinski definition) is 0. The first-order valence-corrected chi connectivity index (χ1v) is 6.27. The zero-order valence-corrected chi connectivity index (χ0v) is 11.9. The summed E-state index contributed by atoms with van der Waals surface area (Å²) in [4.78, 5) is 11.2. The maximum atomic E-state index is 11.2. The highest BCUT2D eigenvalue weighted by atomic mass is 35.5. The summed E-state index contributed by atoms with van der Waals surface area (Å²) < 4.78 is 0. The number of carbonyl (C=O) groups excluding carboxylic acids is 1. The van der Waals surface area contributed by atoms with E-state index in [1.807, 2.05) is 6.08 Å². The monoisotopic (exact) mass is 250 g/mol. The summed E-state index contributed by atoms with van der Waals surface area (Å²) in [6, 6.07) is 0. The van der Waals surface area contributed by atoms with Gasteiger partial charge >= 0.3 is 0 Å². The van der Waals surface area contributed by atoms with E-state index in [9.17, 15) is 4.79 Å². The molecular weight excluding hydrogens is 232 g/mol. The molecule has 1 aromatic carbocycles. The second-order valence-electron chi connectivity index (χ2n) is 4.47. The normalized spacial score (nSPS) is 11.2. The summed E-state index contributed by atoms with van der Waals surface area (Å²) in [5.41, 5.74) is 7.55. The highest BCUT2D eigenvalue weighted by molar-refractivity contribution is 6.29. The number of carbonyl (C=O) groups is 1. The lowest BCUT2D eigenvalue weighted by Gasteiger charge is -2.16. The van der Waals surface area contributed by atoms with E-state index in [1.165, 1.54) is 27.8 Å². The molecule has 1 aromatic rings. The minimum Gasteiger partial charge on any atom is -0.294 e. The molecule has 92 valence electrons. The van der Waals surface area contributed by atoms with Crippen LogP contribution in [0.4, 0.5) is 0 Å². The number of benzene rings is 1. The first-order chi connectivity index (χ1) is 7.90. The van der Waals surface area contributed by atoms with E-state index in [1.54, 1.807) is 6.08 Å². The predicted molar refractivity (Wildman–Crippen MR) is 74.9 cm³/mol. The summed E-state index contributed by atoms with van der Waals surface area (Å²) in [7, 11) is 0. The van der Waals surface area contributed by atoms with Crippen LogP contribution < -0.4 is 0 Å². The molecule has 0 amide bonds. The molecule has 0 saturated carbocycles. The van der Waals surface area contributed by atoms with Gasteiger partial charge in [0, 0.05) is 0 Å². The minimum absolute atomic E-state index is 0.0401. The minimum atomic E-state index is -0.0543. The van der Waals surface area contributed by atoms with Crippen LogP contribution in [0.1, 0.15) is 33.4 Å². The first kappa shape index (κ1) is 14.0. The summed E-state index contributed by atoms with van der Waals surface area (Å²) in [6.07, 6.45) is 3.45. The Morgan fingerprint density at radius 1 is 0.941 bits per heavy atom. The van der Waals surface area contributed by atoms with E-state index in [0.29, 0.717) is 0 Å². The molecule has 17 heavy (non-hydrogen) atoms. The summed E-state index contributed by atoms with van der Waals surface area (Å²) in [5.74, 6) is -0.0142. The number of allylic oxidation sites excluding steroid dienone is 1. The second-order valence-corrected chi connectivity index (χ2v) is 4.74. The van der Waals surface area contributed by atoms with E-state index >= 15 is 0 Å². The van der Waals surface area contributed by atoms with Crippen molar-refractivity contribution in [3.8, 4) is 0 Å². The predicted octanol–water partition coefficient (Wildman–Crippen LogP) is 4.05. The topological polar surface area (TPSA) is 17.1 Å². The molecule has 0 unspecified atom stereocenters. The van der Waals surface area contributed by atoms with Gasteiger partial charge in [0.25, 0.3) is 0 Å². The molecule has 0 aliphatic heterocycles. The molecule has 0 N–H and O–H groups in total. The fourth-order valence-corrected chi connectivity index (χ4v) is 2.09. The van der Waals surface area contributed by atoms with Crippen LogP contribution in [0.3, 0.4) is 0 Å². The van der Waals surface area contributed by atoms with Crippen LogP contribution in [0.5, 0.6) is 0 Å². The highest BCUT2D eigenvalue weighted by Crippen LogP contribution is 2.26. The van der Waals surface area contributed by atoms with Crippen molar-refractivity contribution in [1.29, 1.82) is 0 Å². The summed E-state index contributed by atoms with van der Waals surface area (Å²) >= 11 is 5.48. The Kier molecular flexibility index (Phi) is 4.53. The molecule has 2 heteroatoms. The Morgan fingerprint density at radius 2 is 1.35 bits per heavy atom. The van der Waals surface area contributed by atoms with E-state index < -0.39 is 0 Å². The lowest BCUT2D eigenvalue weighted by molar-refractivity contribution is -0.112. The van der Waals surface area contributed by atoms with Crippen molar-refractivity contribution in [2.45, 2.75) is 34.6 Å². The first-order valence-electron chi connectivity index (χ1n) is 5.74. The SMILES string of the molecule is Cc1c(C)c(C)c(C=CC(=O)CCl)c(C)c1C. The molecule has 1 rings (SSSR count). The zero-order chi connectivity index (χ0) is 13.2. The summed E-state index contributed by atoms with van der Waals surface area (Å²) in [5, 5.41) is 0. The molecule has 0 atom stereocenters. The van der Waals surface area contributed by atoms with Crippen molar-refractivity contribution in [2.75, 3.05) is 5.88 Å². The molecule has 0 bridgehead atoms. The Hall–Kier alpha value is -1.08. The fourth-order valence-electron chi connectivity index (χ4n) is 2.00. The second kappa shape index (κ2) is 5.50. The van der Waals surface area contributed by atoms with E-state index in [2.05, 4.69) is 34.6 Å². The van der Waals surface area contributed by atoms with Crippen LogP contribution in [0.15, 0.2) is 6.08 Å². The Labute approximate surface area is 108 Å². The molecule has 1 nitrogen and oxygen atoms in total. The van der Waals surface area contributed by atoms with Gasteiger partial charge < -0.3 is 0 Å². The highest BCUT2D eigenvalue weighted by Gasteiger charge is 2.10. The molecule has 0 saturated heterocycles. The van der Waals surface area contributed by atoms with Gasteiger partial charge in [-0.2, -0.15) is 0 Å². The van der Waals surface area contributed by atoms with Gasteiger partial charge in [-0.05, 0) is 74.1 Å². The molecule has 0 fully saturated rings. The number of alkyl halides is 1. The number of hydrogen-bond acceptors (Lipinski definition) is 1. The average molecular weight is 251 g/mol. The third-order valence-corrected chi connectivity index (χ3v) is 3.89. The van der Waals surface area contributed by atoms with Crippen molar-refractivity contribution >= 4 is 23.5 Å². The Morgan fingerprint density at radius 3 is 1.76 bits per heavy atom. The number of halogens is 1. The molecular formula is C15H19ClO. The quantitative estimate of drug-likeness (QED) is 0.584. The third kappa shape index (κ3) is 2.78. The van der Waals surface area contributed by atoms with E-state index in [0.717, 1.165) is 5.56 Å². The van der Waals surface area contributed by atoms with Crippen LogP contribution >= 0.6 is 11.6 Å². The standard InChI is InChI=1S/C15H19ClO/c1-9-10(2)12(4)15(13(5)11(9)3)7-6-14(17)8-16/h6-7H,8H2,1-5H3. The van der Waals surface area contributed by atoms with Crippen molar-refractivity contribution in [1.82, 2.24) is 0 Å². The average Bonchev–Trinajstić information content (AvgIpc) is 2.33. The van der Waals surface area contributed by atoms with Crippen LogP contribution in [0.25, 0.3) is 6.08 Å². The van der Waals surface area contributed by atoms with Gasteiger partial charge in [-0.25, -0.2) is 0 Å². The number of rotatable bonds is 3. The molecule has 0 heterocycles. The van der Waals surface area contributed by atoms with Crippen LogP contribution in [0, 0.1) is 34.6 Å². The third-order valence-electron chi connectivity index (χ3n) is 3.63. The van der Waals surface area contributed by atoms with Crippen molar-refractivity contribution in [2.24, 2.45) is 0 Å². The molecule has 0 radical (unpaired) electrons. The molecule has 0 spiro atoms. The molecule has 0 aliphatic rings. The van der Waals surface area contributed by atoms with Crippen molar-refractivity contribution in [3.05, 3.63) is 39.5 Å². The molecule has 0 aliphatic carbocycles. The van der Waals surface area contributed by atoms with Gasteiger partial charge in [0.2, 0.25) is 0 Å². The summed E-state index contributed by atoms with van der Waals surface area (Å²) in [6.45, 7) is 10.6. The lowest BCUT2D eigenvalue weighted by Crippen LogP contribution is -2.00. The van der Waals surface area contributed by atoms with Gasteiger partial charge in [0.1, 0.15) is 0 Å². The van der Waals surface area contributed by atoms with Gasteiger partial charge in [-0.3, -0.25) is 4.79 Å². The van der Waals surface area contributed by atoms with Gasteiger partial charge in [-0.1, -0.05) is 6.08 Å². The van der Waals surface area contributed by atoms with Crippen molar-refractivity contribution in [3.63, 3.8) is 0 Å². The molecule has 0 aromatic heterocycles. The lowest BCUT2D eigenvalue weighted by atomic mass is 9.89. The number of ketones is 1. The maximum absolute atomic E-state index is 11.2. The van der Waals surface area contributed by atoms with E-state index in [4.69, 9.17) is 11.6 Å². The Balaban J connectivity index is 3.35. The maximum Gasteiger partial charge on any atom is 0.170 e. The van der Waals surface area contributed by atoms with E-state index in [-0.39, 0.29) is 11.7 Å². The largest absolute Gasteiger partial charge is 0.294 e. The van der Waals surface area contributed by atoms with Gasteiger partial charge in [0.15, 0.2) is 5.78 Å².